The molecular formula is C6H8N2S. The summed E-state index contributed by atoms with van der Waals surface area (Å²) in [6, 6.07) is 0. The minimum Gasteiger partial charge on any atom is -0.363 e. The van der Waals surface area contributed by atoms with Gasteiger partial charge in [-0.1, -0.05) is 11.8 Å². The lowest BCUT2D eigenvalue weighted by Gasteiger charge is -2.26. The van der Waals surface area contributed by atoms with E-state index in [0.717, 1.165) is 6.54 Å². The van der Waals surface area contributed by atoms with Crippen LogP contribution in [0.3, 0.4) is 0 Å². The maximum Gasteiger partial charge on any atom is 0.151 e. The summed E-state index contributed by atoms with van der Waals surface area (Å²) in [6.45, 7) is 1.04. The molecule has 0 saturated carbocycles. The lowest BCUT2D eigenvalue weighted by atomic mass is 10.5. The number of hydrogen-bond acceptors (Lipinski definition) is 3. The van der Waals surface area contributed by atoms with Crippen molar-refractivity contribution in [3.05, 3.63) is 23.9 Å². The van der Waals surface area contributed by atoms with Crippen LogP contribution in [0.1, 0.15) is 0 Å². The third-order valence-corrected chi connectivity index (χ3v) is 2.38. The summed E-state index contributed by atoms with van der Waals surface area (Å²) >= 11 is 1.81. The normalized spacial score (nSPS) is 30.2. The minimum atomic E-state index is 0.468. The summed E-state index contributed by atoms with van der Waals surface area (Å²) in [5, 5.41) is 5.34. The van der Waals surface area contributed by atoms with Gasteiger partial charge in [-0.15, -0.1) is 0 Å². The average molecular weight is 140 g/mol. The molecule has 0 aliphatic carbocycles. The van der Waals surface area contributed by atoms with Gasteiger partial charge in [0.25, 0.3) is 0 Å². The molecule has 0 aromatic carbocycles. The molecule has 2 heterocycles. The molecule has 0 radical (unpaired) electrons. The maximum absolute atomic E-state index is 3.23. The summed E-state index contributed by atoms with van der Waals surface area (Å²) in [5.74, 6) is 0. The molecule has 0 fully saturated rings. The van der Waals surface area contributed by atoms with Gasteiger partial charge in [0.2, 0.25) is 0 Å². The van der Waals surface area contributed by atoms with E-state index in [1.54, 1.807) is 0 Å². The van der Waals surface area contributed by atoms with Gasteiger partial charge < -0.3 is 10.2 Å². The van der Waals surface area contributed by atoms with Crippen LogP contribution in [0.2, 0.25) is 0 Å². The molecular weight excluding hydrogens is 132 g/mol. The largest absolute Gasteiger partial charge is 0.363 e. The van der Waals surface area contributed by atoms with E-state index in [9.17, 15) is 0 Å². The van der Waals surface area contributed by atoms with Gasteiger partial charge in [0.15, 0.2) is 5.50 Å². The minimum absolute atomic E-state index is 0.468. The first-order valence-electron chi connectivity index (χ1n) is 2.96. The van der Waals surface area contributed by atoms with Crippen molar-refractivity contribution < 1.29 is 0 Å². The molecule has 2 aliphatic heterocycles. The Hall–Kier alpha value is -0.570. The highest BCUT2D eigenvalue weighted by Crippen LogP contribution is 2.23. The van der Waals surface area contributed by atoms with E-state index in [1.807, 2.05) is 18.0 Å². The predicted molar refractivity (Wildman–Crippen MR) is 39.5 cm³/mol. The highest BCUT2D eigenvalue weighted by atomic mass is 32.2. The van der Waals surface area contributed by atoms with Gasteiger partial charge in [-0.3, -0.25) is 0 Å². The van der Waals surface area contributed by atoms with Gasteiger partial charge in [-0.25, -0.2) is 0 Å². The van der Waals surface area contributed by atoms with Crippen molar-refractivity contribution >= 4 is 11.8 Å². The van der Waals surface area contributed by atoms with Crippen molar-refractivity contribution in [2.45, 2.75) is 5.50 Å². The second-order valence-electron chi connectivity index (χ2n) is 2.04. The summed E-state index contributed by atoms with van der Waals surface area (Å²) in [7, 11) is 0. The van der Waals surface area contributed by atoms with Gasteiger partial charge in [-0.2, -0.15) is 0 Å². The summed E-state index contributed by atoms with van der Waals surface area (Å²) in [5.41, 5.74) is 0.468. The Kier molecular flexibility index (Phi) is 1.16. The molecule has 0 saturated heterocycles. The molecule has 9 heavy (non-hydrogen) atoms. The standard InChI is InChI=1S/C6H8N2S/c1-2-7-6-8(3-1)4-5-9-6/h1-2,4-7H,3H2. The first kappa shape index (κ1) is 5.23. The van der Waals surface area contributed by atoms with Crippen molar-refractivity contribution in [2.75, 3.05) is 6.54 Å². The van der Waals surface area contributed by atoms with Crippen molar-refractivity contribution in [1.29, 1.82) is 0 Å². The predicted octanol–water partition coefficient (Wildman–Crippen LogP) is 0.907. The van der Waals surface area contributed by atoms with Crippen LogP contribution in [0, 0.1) is 0 Å². The third-order valence-electron chi connectivity index (χ3n) is 1.43. The molecule has 48 valence electrons. The van der Waals surface area contributed by atoms with E-state index >= 15 is 0 Å². The van der Waals surface area contributed by atoms with Gasteiger partial charge in [-0.05, 0) is 17.7 Å². The maximum atomic E-state index is 3.23. The molecule has 1 unspecified atom stereocenters. The third kappa shape index (κ3) is 0.812. The van der Waals surface area contributed by atoms with E-state index < -0.39 is 0 Å². The Morgan fingerprint density at radius 2 is 2.67 bits per heavy atom. The van der Waals surface area contributed by atoms with Crippen molar-refractivity contribution in [3.63, 3.8) is 0 Å². The van der Waals surface area contributed by atoms with Gasteiger partial charge >= 0.3 is 0 Å². The lowest BCUT2D eigenvalue weighted by Crippen LogP contribution is -2.38. The zero-order chi connectivity index (χ0) is 6.10. The summed E-state index contributed by atoms with van der Waals surface area (Å²) in [4.78, 5) is 2.25. The van der Waals surface area contributed by atoms with E-state index in [0.29, 0.717) is 5.50 Å². The molecule has 0 amide bonds. The quantitative estimate of drug-likeness (QED) is 0.538. The second kappa shape index (κ2) is 1.99. The number of rotatable bonds is 0. The fourth-order valence-corrected chi connectivity index (χ4v) is 1.81. The fraction of sp³-hybridized carbons (Fsp3) is 0.333. The number of nitrogens with one attached hydrogen (secondary N) is 1. The van der Waals surface area contributed by atoms with Crippen LogP contribution in [0.15, 0.2) is 23.9 Å². The lowest BCUT2D eigenvalue weighted by molar-refractivity contribution is 0.358. The number of fused-ring (bicyclic) bond motifs is 1. The van der Waals surface area contributed by atoms with E-state index in [1.165, 1.54) is 0 Å². The number of nitrogens with zero attached hydrogens (tertiary/aromatic N) is 1. The van der Waals surface area contributed by atoms with Gasteiger partial charge in [0.05, 0.1) is 0 Å². The van der Waals surface area contributed by atoms with Crippen LogP contribution in [0.25, 0.3) is 0 Å². The monoisotopic (exact) mass is 140 g/mol. The Labute approximate surface area is 58.6 Å². The van der Waals surface area contributed by atoms with Crippen LogP contribution in [0.5, 0.6) is 0 Å². The number of thioether (sulfide) groups is 1. The molecule has 0 aromatic heterocycles. The van der Waals surface area contributed by atoms with Crippen molar-refractivity contribution in [2.24, 2.45) is 0 Å². The SMILES string of the molecule is C1=CNC2SC=CN2C1. The van der Waals surface area contributed by atoms with Crippen LogP contribution < -0.4 is 5.32 Å². The Morgan fingerprint density at radius 3 is 3.56 bits per heavy atom. The molecule has 0 bridgehead atoms. The van der Waals surface area contributed by atoms with Gasteiger partial charge in [0, 0.05) is 12.7 Å². The zero-order valence-electron chi connectivity index (χ0n) is 4.95. The highest BCUT2D eigenvalue weighted by Gasteiger charge is 2.18. The van der Waals surface area contributed by atoms with Crippen LogP contribution in [0.4, 0.5) is 0 Å². The molecule has 3 heteroatoms. The van der Waals surface area contributed by atoms with Crippen molar-refractivity contribution in [1.82, 2.24) is 10.2 Å². The molecule has 2 rings (SSSR count). The molecule has 0 aromatic rings. The first-order valence-corrected chi connectivity index (χ1v) is 3.90. The molecule has 2 aliphatic rings. The van der Waals surface area contributed by atoms with Crippen LogP contribution in [-0.4, -0.2) is 16.9 Å². The summed E-state index contributed by atoms with van der Waals surface area (Å²) in [6.07, 6.45) is 6.25. The van der Waals surface area contributed by atoms with Crippen LogP contribution in [-0.2, 0) is 0 Å². The number of hydrogen-bond donors (Lipinski definition) is 1. The first-order chi connectivity index (χ1) is 4.47. The summed E-state index contributed by atoms with van der Waals surface area (Å²) < 4.78 is 0. The van der Waals surface area contributed by atoms with Gasteiger partial charge in [0.1, 0.15) is 0 Å². The average Bonchev–Trinajstić information content (AvgIpc) is 2.33. The fourth-order valence-electron chi connectivity index (χ4n) is 0.960. The Morgan fingerprint density at radius 1 is 1.67 bits per heavy atom. The van der Waals surface area contributed by atoms with Crippen LogP contribution >= 0.6 is 11.8 Å². The topological polar surface area (TPSA) is 15.3 Å². The molecule has 0 spiro atoms. The molecule has 1 N–H and O–H groups in total. The second-order valence-corrected chi connectivity index (χ2v) is 3.03. The van der Waals surface area contributed by atoms with E-state index in [4.69, 9.17) is 0 Å². The Bertz CT molecular complexity index is 164. The van der Waals surface area contributed by atoms with E-state index in [-0.39, 0.29) is 0 Å². The van der Waals surface area contributed by atoms with Crippen molar-refractivity contribution in [3.8, 4) is 0 Å². The Balaban J connectivity index is 2.13. The smallest absolute Gasteiger partial charge is 0.151 e. The molecule has 1 atom stereocenters. The highest BCUT2D eigenvalue weighted by molar-refractivity contribution is 8.02. The zero-order valence-corrected chi connectivity index (χ0v) is 5.77. The molecule has 2 nitrogen and oxygen atoms in total. The van der Waals surface area contributed by atoms with E-state index in [2.05, 4.69) is 27.9 Å².